The van der Waals surface area contributed by atoms with E-state index in [-0.39, 0.29) is 5.56 Å². The average molecular weight is 401 g/mol. The Labute approximate surface area is 163 Å². The van der Waals surface area contributed by atoms with Crippen LogP contribution in [0.15, 0.2) is 41.8 Å². The van der Waals surface area contributed by atoms with E-state index in [0.717, 1.165) is 10.4 Å². The largest absolute Gasteiger partial charge is 0.335 e. The van der Waals surface area contributed by atoms with E-state index < -0.39 is 30.0 Å². The molecule has 0 saturated carbocycles. The van der Waals surface area contributed by atoms with Crippen LogP contribution in [0.1, 0.15) is 20.8 Å². The Morgan fingerprint density at radius 3 is 2.36 bits per heavy atom. The Hall–Kier alpha value is -3.53. The van der Waals surface area contributed by atoms with E-state index in [1.165, 1.54) is 35.6 Å². The van der Waals surface area contributed by atoms with Gasteiger partial charge in [0.1, 0.15) is 5.71 Å². The Balaban J connectivity index is 2.06. The highest BCUT2D eigenvalue weighted by molar-refractivity contribution is 7.10. The molecule has 9 heteroatoms. The first-order valence-electron chi connectivity index (χ1n) is 7.69. The van der Waals surface area contributed by atoms with Crippen LogP contribution >= 0.6 is 11.3 Å². The molecule has 0 saturated heterocycles. The minimum absolute atomic E-state index is 0.0630. The quantitative estimate of drug-likeness (QED) is 0.267. The molecule has 2 aromatic rings. The number of carbonyl (C=O) groups excluding carboxylic acids is 2. The van der Waals surface area contributed by atoms with Gasteiger partial charge in [-0.25, -0.2) is 14.3 Å². The zero-order chi connectivity index (χ0) is 20.5. The number of rotatable bonds is 5. The standard InChI is InChI=1S/C19H13F2N3O3S/c20-17(21)15(22)16(19(26)24-27)23-18(25)13-9-7-12(8-10-13)4-1-2-5-14-6-3-11-28-14/h3,6-11,16-17,22,27H,(H,23,25)(H,24,26)/t16-/m0/s1. The van der Waals surface area contributed by atoms with E-state index in [1.807, 2.05) is 22.8 Å². The smallest absolute Gasteiger partial charge is 0.278 e. The molecule has 2 rings (SSSR count). The van der Waals surface area contributed by atoms with Crippen molar-refractivity contribution in [2.75, 3.05) is 0 Å². The molecule has 0 aliphatic rings. The molecule has 0 aliphatic heterocycles. The molecule has 0 unspecified atom stereocenters. The van der Waals surface area contributed by atoms with Crippen LogP contribution < -0.4 is 10.8 Å². The molecule has 4 N–H and O–H groups in total. The molecule has 1 aromatic heterocycles. The molecule has 0 spiro atoms. The molecule has 0 bridgehead atoms. The van der Waals surface area contributed by atoms with Gasteiger partial charge in [-0.3, -0.25) is 14.8 Å². The van der Waals surface area contributed by atoms with Crippen LogP contribution in [0.25, 0.3) is 0 Å². The van der Waals surface area contributed by atoms with Gasteiger partial charge in [-0.1, -0.05) is 12.0 Å². The van der Waals surface area contributed by atoms with Gasteiger partial charge in [-0.2, -0.15) is 0 Å². The first-order valence-corrected chi connectivity index (χ1v) is 8.57. The maximum atomic E-state index is 12.7. The van der Waals surface area contributed by atoms with Gasteiger partial charge in [0.2, 0.25) is 0 Å². The van der Waals surface area contributed by atoms with Crippen LogP contribution in [0, 0.1) is 29.1 Å². The number of nitrogens with one attached hydrogen (secondary N) is 3. The molecule has 0 fully saturated rings. The number of hydroxylamine groups is 1. The second-order valence-electron chi connectivity index (χ2n) is 5.19. The maximum absolute atomic E-state index is 12.7. The van der Waals surface area contributed by atoms with Crippen LogP contribution in [-0.4, -0.2) is 35.2 Å². The fourth-order valence-corrected chi connectivity index (χ4v) is 2.51. The number of benzene rings is 1. The van der Waals surface area contributed by atoms with Gasteiger partial charge in [-0.05, 0) is 53.5 Å². The van der Waals surface area contributed by atoms with Crippen LogP contribution in [0.5, 0.6) is 0 Å². The molecule has 28 heavy (non-hydrogen) atoms. The van der Waals surface area contributed by atoms with Gasteiger partial charge in [0.25, 0.3) is 18.2 Å². The summed E-state index contributed by atoms with van der Waals surface area (Å²) in [5.41, 5.74) is 0.441. The zero-order valence-corrected chi connectivity index (χ0v) is 14.9. The van der Waals surface area contributed by atoms with Crippen LogP contribution in [0.4, 0.5) is 8.78 Å². The molecular weight excluding hydrogens is 388 g/mol. The number of hydrogen-bond donors (Lipinski definition) is 4. The number of thiophene rings is 1. The van der Waals surface area contributed by atoms with Crippen molar-refractivity contribution < 1.29 is 23.6 Å². The number of alkyl halides is 2. The molecule has 142 valence electrons. The van der Waals surface area contributed by atoms with E-state index in [4.69, 9.17) is 10.6 Å². The van der Waals surface area contributed by atoms with Crippen molar-refractivity contribution in [3.05, 3.63) is 57.8 Å². The lowest BCUT2D eigenvalue weighted by Crippen LogP contribution is -2.52. The summed E-state index contributed by atoms with van der Waals surface area (Å²) in [7, 11) is 0. The summed E-state index contributed by atoms with van der Waals surface area (Å²) < 4.78 is 25.3. The Bertz CT molecular complexity index is 981. The summed E-state index contributed by atoms with van der Waals surface area (Å²) in [4.78, 5) is 24.5. The molecule has 0 radical (unpaired) electrons. The maximum Gasteiger partial charge on any atom is 0.278 e. The predicted octanol–water partition coefficient (Wildman–Crippen LogP) is 2.04. The lowest BCUT2D eigenvalue weighted by atomic mass is 10.1. The summed E-state index contributed by atoms with van der Waals surface area (Å²) in [6, 6.07) is 7.55. The monoisotopic (exact) mass is 401 g/mol. The van der Waals surface area contributed by atoms with Crippen LogP contribution in [0.2, 0.25) is 0 Å². The van der Waals surface area contributed by atoms with Gasteiger partial charge in [0, 0.05) is 11.1 Å². The highest BCUT2D eigenvalue weighted by atomic mass is 32.1. The summed E-state index contributed by atoms with van der Waals surface area (Å²) in [6.07, 6.45) is -3.27. The molecule has 1 heterocycles. The molecule has 0 aliphatic carbocycles. The third kappa shape index (κ3) is 5.74. The summed E-state index contributed by atoms with van der Waals surface area (Å²) in [5.74, 6) is 8.83. The van der Waals surface area contributed by atoms with Crippen molar-refractivity contribution in [1.82, 2.24) is 10.8 Å². The molecular formula is C19H13F2N3O3S. The van der Waals surface area contributed by atoms with Gasteiger partial charge < -0.3 is 10.7 Å². The predicted molar refractivity (Wildman–Crippen MR) is 99.4 cm³/mol. The van der Waals surface area contributed by atoms with Crippen molar-refractivity contribution in [2.24, 2.45) is 0 Å². The van der Waals surface area contributed by atoms with Crippen molar-refractivity contribution >= 4 is 28.9 Å². The number of halogens is 2. The van der Waals surface area contributed by atoms with Crippen molar-refractivity contribution in [3.8, 4) is 23.7 Å². The Morgan fingerprint density at radius 1 is 1.11 bits per heavy atom. The molecule has 1 aromatic carbocycles. The van der Waals surface area contributed by atoms with E-state index in [9.17, 15) is 18.4 Å². The van der Waals surface area contributed by atoms with Crippen LogP contribution in [-0.2, 0) is 4.79 Å². The van der Waals surface area contributed by atoms with Gasteiger partial charge in [0.05, 0.1) is 4.88 Å². The lowest BCUT2D eigenvalue weighted by Gasteiger charge is -2.17. The molecule has 6 nitrogen and oxygen atoms in total. The Kier molecular flexibility index (Phi) is 7.40. The normalized spacial score (nSPS) is 10.7. The van der Waals surface area contributed by atoms with Crippen molar-refractivity contribution in [3.63, 3.8) is 0 Å². The number of amides is 2. The van der Waals surface area contributed by atoms with E-state index >= 15 is 0 Å². The average Bonchev–Trinajstić information content (AvgIpc) is 3.22. The zero-order valence-electron chi connectivity index (χ0n) is 14.1. The minimum atomic E-state index is -3.27. The topological polar surface area (TPSA) is 102 Å². The van der Waals surface area contributed by atoms with Gasteiger partial charge in [0.15, 0.2) is 6.04 Å². The summed E-state index contributed by atoms with van der Waals surface area (Å²) >= 11 is 1.49. The van der Waals surface area contributed by atoms with Gasteiger partial charge in [-0.15, -0.1) is 11.3 Å². The number of hydrogen-bond acceptors (Lipinski definition) is 5. The highest BCUT2D eigenvalue weighted by Crippen LogP contribution is 2.07. The highest BCUT2D eigenvalue weighted by Gasteiger charge is 2.30. The van der Waals surface area contributed by atoms with Crippen LogP contribution in [0.3, 0.4) is 0 Å². The molecule has 1 atom stereocenters. The van der Waals surface area contributed by atoms with Crippen molar-refractivity contribution in [2.45, 2.75) is 12.5 Å². The fourth-order valence-electron chi connectivity index (χ4n) is 1.94. The lowest BCUT2D eigenvalue weighted by molar-refractivity contribution is -0.129. The van der Waals surface area contributed by atoms with E-state index in [0.29, 0.717) is 5.56 Å². The SMILES string of the molecule is N=C(C(F)F)[C@H](NC(=O)c1ccc(C#CC#Cc2cccs2)cc1)C(=O)NO. The third-order valence-electron chi connectivity index (χ3n) is 3.32. The first kappa shape index (κ1) is 20.8. The van der Waals surface area contributed by atoms with E-state index in [1.54, 1.807) is 0 Å². The first-order chi connectivity index (χ1) is 13.4. The van der Waals surface area contributed by atoms with E-state index in [2.05, 4.69) is 23.7 Å². The summed E-state index contributed by atoms with van der Waals surface area (Å²) in [5, 5.41) is 19.7. The van der Waals surface area contributed by atoms with Crippen molar-refractivity contribution in [1.29, 1.82) is 5.41 Å². The second-order valence-corrected chi connectivity index (χ2v) is 6.14. The summed E-state index contributed by atoms with van der Waals surface area (Å²) in [6.45, 7) is 0. The fraction of sp³-hybridized carbons (Fsp3) is 0.105. The van der Waals surface area contributed by atoms with Gasteiger partial charge >= 0.3 is 0 Å². The second kappa shape index (κ2) is 9.97. The number of carbonyl (C=O) groups is 2. The Morgan fingerprint density at radius 2 is 1.79 bits per heavy atom. The third-order valence-corrected chi connectivity index (χ3v) is 4.10. The minimum Gasteiger partial charge on any atom is -0.335 e. The molecule has 2 amide bonds.